The third-order valence-electron chi connectivity index (χ3n) is 2.04. The summed E-state index contributed by atoms with van der Waals surface area (Å²) in [6, 6.07) is 2.19. The SMILES string of the molecule is CCC(CO)NC(=O)c1ccc(F)nc1. The molecule has 0 saturated carbocycles. The van der Waals surface area contributed by atoms with Gasteiger partial charge in [-0.15, -0.1) is 0 Å². The summed E-state index contributed by atoms with van der Waals surface area (Å²) < 4.78 is 12.5. The third-order valence-corrected chi connectivity index (χ3v) is 2.04. The van der Waals surface area contributed by atoms with E-state index in [2.05, 4.69) is 10.3 Å². The topological polar surface area (TPSA) is 62.2 Å². The van der Waals surface area contributed by atoms with E-state index in [4.69, 9.17) is 5.11 Å². The molecule has 1 aromatic heterocycles. The molecule has 0 spiro atoms. The standard InChI is InChI=1S/C10H13FN2O2/c1-2-8(6-14)13-10(15)7-3-4-9(11)12-5-7/h3-5,8,14H,2,6H2,1H3,(H,13,15). The van der Waals surface area contributed by atoms with E-state index < -0.39 is 5.95 Å². The minimum absolute atomic E-state index is 0.114. The lowest BCUT2D eigenvalue weighted by Crippen LogP contribution is -2.36. The molecule has 0 aliphatic carbocycles. The minimum Gasteiger partial charge on any atom is -0.394 e. The molecule has 0 aromatic carbocycles. The second-order valence-corrected chi connectivity index (χ2v) is 3.13. The van der Waals surface area contributed by atoms with Crippen LogP contribution in [0.25, 0.3) is 0 Å². The number of pyridine rings is 1. The van der Waals surface area contributed by atoms with Gasteiger partial charge in [-0.25, -0.2) is 4.98 Å². The molecular weight excluding hydrogens is 199 g/mol. The Morgan fingerprint density at radius 1 is 1.67 bits per heavy atom. The molecule has 1 amide bonds. The fraction of sp³-hybridized carbons (Fsp3) is 0.400. The Morgan fingerprint density at radius 2 is 2.40 bits per heavy atom. The zero-order valence-corrected chi connectivity index (χ0v) is 8.40. The van der Waals surface area contributed by atoms with Crippen molar-refractivity contribution in [3.05, 3.63) is 29.8 Å². The Hall–Kier alpha value is -1.49. The van der Waals surface area contributed by atoms with Crippen molar-refractivity contribution in [2.24, 2.45) is 0 Å². The minimum atomic E-state index is -0.624. The summed E-state index contributed by atoms with van der Waals surface area (Å²) in [7, 11) is 0. The van der Waals surface area contributed by atoms with E-state index in [0.717, 1.165) is 12.3 Å². The summed E-state index contributed by atoms with van der Waals surface area (Å²) >= 11 is 0. The van der Waals surface area contributed by atoms with E-state index in [1.165, 1.54) is 6.07 Å². The van der Waals surface area contributed by atoms with Crippen molar-refractivity contribution in [1.29, 1.82) is 0 Å². The van der Waals surface area contributed by atoms with E-state index in [1.807, 2.05) is 6.92 Å². The molecule has 0 aliphatic rings. The largest absolute Gasteiger partial charge is 0.394 e. The maximum Gasteiger partial charge on any atom is 0.253 e. The number of aromatic nitrogens is 1. The maximum absolute atomic E-state index is 12.5. The predicted molar refractivity (Wildman–Crippen MR) is 52.8 cm³/mol. The summed E-state index contributed by atoms with van der Waals surface area (Å²) in [5, 5.41) is 11.5. The molecule has 0 radical (unpaired) electrons. The van der Waals surface area contributed by atoms with E-state index >= 15 is 0 Å². The average Bonchev–Trinajstić information content (AvgIpc) is 2.26. The van der Waals surface area contributed by atoms with Gasteiger partial charge in [0.25, 0.3) is 5.91 Å². The van der Waals surface area contributed by atoms with Gasteiger partial charge in [0, 0.05) is 6.20 Å². The number of halogens is 1. The van der Waals surface area contributed by atoms with Crippen molar-refractivity contribution in [2.45, 2.75) is 19.4 Å². The highest BCUT2D eigenvalue weighted by atomic mass is 19.1. The highest BCUT2D eigenvalue weighted by Gasteiger charge is 2.11. The van der Waals surface area contributed by atoms with E-state index in [0.29, 0.717) is 6.42 Å². The average molecular weight is 212 g/mol. The van der Waals surface area contributed by atoms with Gasteiger partial charge in [0.1, 0.15) is 0 Å². The van der Waals surface area contributed by atoms with Gasteiger partial charge in [-0.2, -0.15) is 4.39 Å². The van der Waals surface area contributed by atoms with Crippen LogP contribution in [0.4, 0.5) is 4.39 Å². The summed E-state index contributed by atoms with van der Waals surface area (Å²) in [5.41, 5.74) is 0.281. The Morgan fingerprint density at radius 3 is 2.87 bits per heavy atom. The molecule has 2 N–H and O–H groups in total. The number of hydrogen-bond donors (Lipinski definition) is 2. The number of nitrogens with zero attached hydrogens (tertiary/aromatic N) is 1. The molecule has 1 rings (SSSR count). The van der Waals surface area contributed by atoms with Gasteiger partial charge in [0.05, 0.1) is 18.2 Å². The molecule has 1 unspecified atom stereocenters. The molecule has 4 nitrogen and oxygen atoms in total. The van der Waals surface area contributed by atoms with Gasteiger partial charge in [0.15, 0.2) is 0 Å². The number of aliphatic hydroxyl groups is 1. The Balaban J connectivity index is 2.64. The molecule has 0 saturated heterocycles. The predicted octanol–water partition coefficient (Wildman–Crippen LogP) is 0.721. The Kier molecular flexibility index (Phi) is 4.17. The first-order valence-electron chi connectivity index (χ1n) is 4.70. The van der Waals surface area contributed by atoms with Crippen LogP contribution in [0, 0.1) is 5.95 Å². The summed E-state index contributed by atoms with van der Waals surface area (Å²) in [6.07, 6.45) is 1.80. The van der Waals surface area contributed by atoms with Gasteiger partial charge in [-0.1, -0.05) is 6.92 Å². The Labute approximate surface area is 87.1 Å². The zero-order chi connectivity index (χ0) is 11.3. The first-order valence-corrected chi connectivity index (χ1v) is 4.70. The molecule has 1 heterocycles. The van der Waals surface area contributed by atoms with E-state index in [1.54, 1.807) is 0 Å². The highest BCUT2D eigenvalue weighted by Crippen LogP contribution is 2.00. The number of aliphatic hydroxyl groups excluding tert-OH is 1. The molecular formula is C10H13FN2O2. The van der Waals surface area contributed by atoms with Crippen LogP contribution in [-0.2, 0) is 0 Å². The lowest BCUT2D eigenvalue weighted by atomic mass is 10.2. The molecule has 1 aromatic rings. The van der Waals surface area contributed by atoms with Crippen LogP contribution < -0.4 is 5.32 Å². The van der Waals surface area contributed by atoms with Crippen LogP contribution in [0.2, 0.25) is 0 Å². The first kappa shape index (κ1) is 11.6. The van der Waals surface area contributed by atoms with Crippen molar-refractivity contribution in [2.75, 3.05) is 6.61 Å². The number of carbonyl (C=O) groups excluding carboxylic acids is 1. The van der Waals surface area contributed by atoms with Crippen molar-refractivity contribution < 1.29 is 14.3 Å². The van der Waals surface area contributed by atoms with Crippen LogP contribution in [-0.4, -0.2) is 28.6 Å². The lowest BCUT2D eigenvalue weighted by Gasteiger charge is -2.13. The van der Waals surface area contributed by atoms with Gasteiger partial charge in [0.2, 0.25) is 5.95 Å². The quantitative estimate of drug-likeness (QED) is 0.723. The van der Waals surface area contributed by atoms with Crippen LogP contribution in [0.3, 0.4) is 0 Å². The number of rotatable bonds is 4. The van der Waals surface area contributed by atoms with Crippen LogP contribution in [0.5, 0.6) is 0 Å². The second kappa shape index (κ2) is 5.41. The fourth-order valence-electron chi connectivity index (χ4n) is 1.06. The maximum atomic E-state index is 12.5. The van der Waals surface area contributed by atoms with Crippen LogP contribution in [0.1, 0.15) is 23.7 Å². The summed E-state index contributed by atoms with van der Waals surface area (Å²) in [6.45, 7) is 1.74. The summed E-state index contributed by atoms with van der Waals surface area (Å²) in [4.78, 5) is 14.9. The lowest BCUT2D eigenvalue weighted by molar-refractivity contribution is 0.0914. The van der Waals surface area contributed by atoms with Crippen molar-refractivity contribution in [1.82, 2.24) is 10.3 Å². The molecule has 1 atom stereocenters. The Bertz CT molecular complexity index is 323. The number of hydrogen-bond acceptors (Lipinski definition) is 3. The van der Waals surface area contributed by atoms with Gasteiger partial charge in [-0.3, -0.25) is 4.79 Å². The first-order chi connectivity index (χ1) is 7.17. The zero-order valence-electron chi connectivity index (χ0n) is 8.40. The van der Waals surface area contributed by atoms with Gasteiger partial charge >= 0.3 is 0 Å². The monoisotopic (exact) mass is 212 g/mol. The van der Waals surface area contributed by atoms with E-state index in [-0.39, 0.29) is 24.1 Å². The number of nitrogens with one attached hydrogen (secondary N) is 1. The normalized spacial score (nSPS) is 12.2. The second-order valence-electron chi connectivity index (χ2n) is 3.13. The van der Waals surface area contributed by atoms with Crippen molar-refractivity contribution in [3.63, 3.8) is 0 Å². The van der Waals surface area contributed by atoms with Crippen molar-refractivity contribution in [3.8, 4) is 0 Å². The molecule has 0 aliphatic heterocycles. The summed E-state index contributed by atoms with van der Waals surface area (Å²) in [5.74, 6) is -0.982. The van der Waals surface area contributed by atoms with E-state index in [9.17, 15) is 9.18 Å². The molecule has 5 heteroatoms. The number of carbonyl (C=O) groups is 1. The molecule has 15 heavy (non-hydrogen) atoms. The molecule has 82 valence electrons. The van der Waals surface area contributed by atoms with Gasteiger partial charge < -0.3 is 10.4 Å². The third kappa shape index (κ3) is 3.28. The highest BCUT2D eigenvalue weighted by molar-refractivity contribution is 5.93. The number of amides is 1. The van der Waals surface area contributed by atoms with Crippen LogP contribution >= 0.6 is 0 Å². The van der Waals surface area contributed by atoms with Crippen LogP contribution in [0.15, 0.2) is 18.3 Å². The fourth-order valence-corrected chi connectivity index (χ4v) is 1.06. The van der Waals surface area contributed by atoms with Gasteiger partial charge in [-0.05, 0) is 18.6 Å². The van der Waals surface area contributed by atoms with Crippen molar-refractivity contribution >= 4 is 5.91 Å². The molecule has 0 bridgehead atoms. The molecule has 0 fully saturated rings. The smallest absolute Gasteiger partial charge is 0.253 e.